The summed E-state index contributed by atoms with van der Waals surface area (Å²) < 4.78 is 0. The highest BCUT2D eigenvalue weighted by atomic mass is 16.1. The summed E-state index contributed by atoms with van der Waals surface area (Å²) in [5.41, 5.74) is 9.51. The van der Waals surface area contributed by atoms with Crippen LogP contribution in [0.1, 0.15) is 95.1 Å². The molecule has 0 spiro atoms. The number of benzene rings is 3. The average Bonchev–Trinajstić information content (AvgIpc) is 3.54. The summed E-state index contributed by atoms with van der Waals surface area (Å²) in [5, 5.41) is 10.5. The topological polar surface area (TPSA) is 82.6 Å². The summed E-state index contributed by atoms with van der Waals surface area (Å²) in [6.07, 6.45) is 4.76. The Balaban J connectivity index is 0.00000204. The molecular weight excluding hydrogens is 568 g/mol. The summed E-state index contributed by atoms with van der Waals surface area (Å²) in [6, 6.07) is 19.4. The van der Waals surface area contributed by atoms with Crippen LogP contribution in [-0.2, 0) is 10.2 Å². The van der Waals surface area contributed by atoms with Gasteiger partial charge in [0.25, 0.3) is 0 Å². The lowest BCUT2D eigenvalue weighted by molar-refractivity contribution is -0.117. The Bertz CT molecular complexity index is 1600. The first-order valence-corrected chi connectivity index (χ1v) is 17.3. The number of nitrogens with zero attached hydrogens (tertiary/aromatic N) is 1. The van der Waals surface area contributed by atoms with E-state index in [-0.39, 0.29) is 29.9 Å². The fourth-order valence-corrected chi connectivity index (χ4v) is 7.09. The van der Waals surface area contributed by atoms with Crippen LogP contribution >= 0.6 is 0 Å². The number of aliphatic imine (C=N–C) groups is 1. The molecule has 0 aromatic heterocycles. The number of carbonyl (C=O) groups excluding carboxylic acids is 2. The van der Waals surface area contributed by atoms with Gasteiger partial charge in [0.1, 0.15) is 0 Å². The van der Waals surface area contributed by atoms with Crippen molar-refractivity contribution in [2.75, 3.05) is 31.5 Å². The van der Waals surface area contributed by atoms with Crippen molar-refractivity contribution in [3.05, 3.63) is 71.3 Å². The SMILES string of the molecule is C=Nc1ccc(-c2ccc3c(c2)C(C)(C)c2cc(C(=O)CC(=O)CNCC4(C)CC4)ccc2-3)cc1NCC1NCCC1CC.CC. The van der Waals surface area contributed by atoms with Crippen LogP contribution in [0, 0.1) is 11.3 Å². The maximum atomic E-state index is 13.1. The summed E-state index contributed by atoms with van der Waals surface area (Å²) in [4.78, 5) is 30.0. The molecule has 2 atom stereocenters. The van der Waals surface area contributed by atoms with E-state index in [4.69, 9.17) is 0 Å². The predicted molar refractivity (Wildman–Crippen MR) is 193 cm³/mol. The van der Waals surface area contributed by atoms with Crippen LogP contribution in [-0.4, -0.2) is 50.5 Å². The Kier molecular flexibility index (Phi) is 10.3. The van der Waals surface area contributed by atoms with E-state index in [0.717, 1.165) is 53.3 Å². The van der Waals surface area contributed by atoms with E-state index in [1.54, 1.807) is 0 Å². The molecule has 0 amide bonds. The van der Waals surface area contributed by atoms with Crippen LogP contribution in [0.4, 0.5) is 11.4 Å². The zero-order valence-corrected chi connectivity index (χ0v) is 28.7. The van der Waals surface area contributed by atoms with E-state index < -0.39 is 0 Å². The van der Waals surface area contributed by atoms with Crippen molar-refractivity contribution in [3.63, 3.8) is 0 Å². The Labute approximate surface area is 275 Å². The normalized spacial score (nSPS) is 19.8. The molecule has 1 saturated heterocycles. The fourth-order valence-electron chi connectivity index (χ4n) is 7.09. The highest BCUT2D eigenvalue weighted by molar-refractivity contribution is 6.09. The largest absolute Gasteiger partial charge is 0.382 e. The third-order valence-electron chi connectivity index (χ3n) is 10.4. The molecule has 0 radical (unpaired) electrons. The van der Waals surface area contributed by atoms with Gasteiger partial charge in [0, 0.05) is 30.1 Å². The highest BCUT2D eigenvalue weighted by Gasteiger charge is 2.37. The molecule has 1 saturated carbocycles. The van der Waals surface area contributed by atoms with E-state index in [9.17, 15) is 9.59 Å². The maximum Gasteiger partial charge on any atom is 0.170 e. The van der Waals surface area contributed by atoms with Crippen LogP contribution in [0.25, 0.3) is 22.3 Å². The van der Waals surface area contributed by atoms with E-state index in [1.807, 2.05) is 32.0 Å². The average molecular weight is 621 g/mol. The number of ketones is 2. The third kappa shape index (κ3) is 7.03. The number of carbonyl (C=O) groups is 2. The van der Waals surface area contributed by atoms with Gasteiger partial charge in [0.15, 0.2) is 11.6 Å². The first-order chi connectivity index (χ1) is 22.1. The second-order valence-electron chi connectivity index (χ2n) is 14.0. The zero-order chi connectivity index (χ0) is 33.1. The lowest BCUT2D eigenvalue weighted by Gasteiger charge is -2.23. The molecule has 1 heterocycles. The Morgan fingerprint density at radius 2 is 1.63 bits per heavy atom. The van der Waals surface area contributed by atoms with Crippen LogP contribution < -0.4 is 16.0 Å². The number of anilines is 1. The Morgan fingerprint density at radius 3 is 2.33 bits per heavy atom. The van der Waals surface area contributed by atoms with Gasteiger partial charge in [-0.1, -0.05) is 78.3 Å². The number of rotatable bonds is 13. The van der Waals surface area contributed by atoms with Crippen molar-refractivity contribution in [1.29, 1.82) is 0 Å². The molecule has 6 nitrogen and oxygen atoms in total. The molecule has 1 aliphatic heterocycles. The summed E-state index contributed by atoms with van der Waals surface area (Å²) in [5.74, 6) is 0.530. The molecular formula is C40H52N4O2. The van der Waals surface area contributed by atoms with Gasteiger partial charge in [0.05, 0.1) is 24.3 Å². The van der Waals surface area contributed by atoms with Crippen molar-refractivity contribution in [2.45, 2.75) is 85.1 Å². The first-order valence-electron chi connectivity index (χ1n) is 17.3. The monoisotopic (exact) mass is 620 g/mol. The molecule has 3 aliphatic rings. The molecule has 3 aromatic rings. The molecule has 2 fully saturated rings. The van der Waals surface area contributed by atoms with E-state index in [0.29, 0.717) is 22.9 Å². The molecule has 244 valence electrons. The van der Waals surface area contributed by atoms with Crippen molar-refractivity contribution in [3.8, 4) is 22.3 Å². The van der Waals surface area contributed by atoms with Crippen molar-refractivity contribution < 1.29 is 9.59 Å². The van der Waals surface area contributed by atoms with Gasteiger partial charge < -0.3 is 16.0 Å². The standard InChI is InChI=1S/C38H46N4O2.C2H6/c1-6-24-13-16-41-35(24)22-42-34-19-26(9-12-33(34)39-5)25-7-10-29-30-11-8-27(18-32(30)37(2,3)31(29)17-25)36(44)20-28(43)21-40-23-38(4)14-15-38;1-2/h7-12,17-19,24,35,40-42H,5-6,13-16,20-23H2,1-4H3;1-2H3. The number of hydrogen-bond donors (Lipinski definition) is 3. The number of hydrogen-bond acceptors (Lipinski definition) is 6. The van der Waals surface area contributed by atoms with Gasteiger partial charge in [-0.3, -0.25) is 14.6 Å². The van der Waals surface area contributed by atoms with Gasteiger partial charge in [-0.05, 0) is 102 Å². The molecule has 3 N–H and O–H groups in total. The molecule has 6 rings (SSSR count). The molecule has 6 heteroatoms. The lowest BCUT2D eigenvalue weighted by Crippen LogP contribution is -2.34. The van der Waals surface area contributed by atoms with Gasteiger partial charge in [-0.15, -0.1) is 0 Å². The minimum absolute atomic E-state index is 0.0526. The minimum Gasteiger partial charge on any atom is -0.382 e. The van der Waals surface area contributed by atoms with Crippen molar-refractivity contribution >= 4 is 29.7 Å². The van der Waals surface area contributed by atoms with Crippen molar-refractivity contribution in [1.82, 2.24) is 10.6 Å². The van der Waals surface area contributed by atoms with Crippen LogP contribution in [0.2, 0.25) is 0 Å². The van der Waals surface area contributed by atoms with Crippen molar-refractivity contribution in [2.24, 2.45) is 16.3 Å². The molecule has 46 heavy (non-hydrogen) atoms. The second kappa shape index (κ2) is 14.0. The summed E-state index contributed by atoms with van der Waals surface area (Å²) in [7, 11) is 0. The van der Waals surface area contributed by atoms with E-state index in [1.165, 1.54) is 36.8 Å². The Morgan fingerprint density at radius 1 is 0.957 bits per heavy atom. The Hall–Kier alpha value is -3.61. The smallest absolute Gasteiger partial charge is 0.170 e. The molecule has 2 unspecified atom stereocenters. The lowest BCUT2D eigenvalue weighted by atomic mass is 9.81. The van der Waals surface area contributed by atoms with E-state index >= 15 is 0 Å². The van der Waals surface area contributed by atoms with Gasteiger partial charge in [-0.25, -0.2) is 0 Å². The zero-order valence-electron chi connectivity index (χ0n) is 28.7. The predicted octanol–water partition coefficient (Wildman–Crippen LogP) is 8.35. The highest BCUT2D eigenvalue weighted by Crippen LogP contribution is 2.50. The number of fused-ring (bicyclic) bond motifs is 3. The van der Waals surface area contributed by atoms with Crippen LogP contribution in [0.5, 0.6) is 0 Å². The number of Topliss-reactive ketones (excluding diaryl/α,β-unsaturated/α-hetero) is 2. The maximum absolute atomic E-state index is 13.1. The fraction of sp³-hybridized carbons (Fsp3) is 0.475. The first kappa shape index (κ1) is 33.7. The van der Waals surface area contributed by atoms with Crippen LogP contribution in [0.15, 0.2) is 59.6 Å². The molecule has 3 aromatic carbocycles. The van der Waals surface area contributed by atoms with E-state index in [2.05, 4.69) is 91.8 Å². The van der Waals surface area contributed by atoms with Gasteiger partial charge in [0.2, 0.25) is 0 Å². The minimum atomic E-state index is -0.283. The van der Waals surface area contributed by atoms with Gasteiger partial charge >= 0.3 is 0 Å². The van der Waals surface area contributed by atoms with Gasteiger partial charge in [-0.2, -0.15) is 0 Å². The quantitative estimate of drug-likeness (QED) is 0.102. The summed E-state index contributed by atoms with van der Waals surface area (Å²) in [6.45, 7) is 19.8. The third-order valence-corrected chi connectivity index (χ3v) is 10.4. The number of nitrogens with one attached hydrogen (secondary N) is 3. The molecule has 0 bridgehead atoms. The summed E-state index contributed by atoms with van der Waals surface area (Å²) >= 11 is 0. The van der Waals surface area contributed by atoms with Crippen LogP contribution in [0.3, 0.4) is 0 Å². The second-order valence-corrected chi connectivity index (χ2v) is 14.0. The molecule has 2 aliphatic carbocycles.